The van der Waals surface area contributed by atoms with Gasteiger partial charge in [0.25, 0.3) is 0 Å². The molecule has 0 unspecified atom stereocenters. The summed E-state index contributed by atoms with van der Waals surface area (Å²) >= 11 is 7.65. The van der Waals surface area contributed by atoms with Gasteiger partial charge < -0.3 is 0 Å². The molecule has 0 aliphatic carbocycles. The molecule has 4 aromatic carbocycles. The van der Waals surface area contributed by atoms with Crippen molar-refractivity contribution in [2.45, 2.75) is 27.7 Å². The van der Waals surface area contributed by atoms with E-state index in [4.69, 9.17) is 0 Å². The molecule has 0 aromatic heterocycles. The van der Waals surface area contributed by atoms with Crippen LogP contribution in [-0.2, 0) is 0 Å². The van der Waals surface area contributed by atoms with Crippen molar-refractivity contribution in [3.05, 3.63) is 79.7 Å². The number of halogens is 2. The van der Waals surface area contributed by atoms with E-state index in [0.29, 0.717) is 0 Å². The van der Waals surface area contributed by atoms with E-state index in [1.165, 1.54) is 63.9 Å². The van der Waals surface area contributed by atoms with Gasteiger partial charge in [0.05, 0.1) is 0 Å². The second kappa shape index (κ2) is 6.51. The Balaban J connectivity index is 2.30. The van der Waals surface area contributed by atoms with Gasteiger partial charge in [-0.15, -0.1) is 0 Å². The molecule has 4 rings (SSSR count). The summed E-state index contributed by atoms with van der Waals surface area (Å²) in [5.41, 5.74) is 8.00. The van der Waals surface area contributed by atoms with Crippen molar-refractivity contribution in [1.29, 1.82) is 0 Å². The molecule has 0 amide bonds. The average Bonchev–Trinajstić information content (AvgIpc) is 2.67. The van der Waals surface area contributed by atoms with Gasteiger partial charge in [-0.05, 0) is 114 Å². The molecule has 0 aliphatic heterocycles. The molecule has 2 heteroatoms. The van der Waals surface area contributed by atoms with Crippen molar-refractivity contribution in [3.8, 4) is 11.1 Å². The molecule has 0 heterocycles. The third-order valence-corrected chi connectivity index (χ3v) is 7.69. The molecule has 0 nitrogen and oxygen atoms in total. The van der Waals surface area contributed by atoms with Crippen LogP contribution < -0.4 is 0 Å². The maximum absolute atomic E-state index is 3.83. The largest absolute Gasteiger partial charge is 0.0616 e. The summed E-state index contributed by atoms with van der Waals surface area (Å²) in [7, 11) is 0. The second-order valence-corrected chi connectivity index (χ2v) is 8.56. The molecule has 4 aromatic rings. The van der Waals surface area contributed by atoms with Crippen molar-refractivity contribution in [2.75, 3.05) is 0 Å². The third-order valence-electron chi connectivity index (χ3n) is 5.65. The number of benzene rings is 4. The van der Waals surface area contributed by atoms with Crippen LogP contribution >= 0.6 is 31.9 Å². The Hall–Kier alpha value is -1.64. The van der Waals surface area contributed by atoms with Gasteiger partial charge in [-0.1, -0.05) is 48.5 Å². The third kappa shape index (κ3) is 2.46. The Labute approximate surface area is 171 Å². The van der Waals surface area contributed by atoms with Crippen molar-refractivity contribution in [3.63, 3.8) is 0 Å². The van der Waals surface area contributed by atoms with Crippen molar-refractivity contribution >= 4 is 53.4 Å². The topological polar surface area (TPSA) is 0 Å². The maximum atomic E-state index is 3.83. The molecular formula is C24H20Br2. The molecule has 0 bridgehead atoms. The standard InChI is InChI=1S/C24H20Br2/c1-13-15(3)23(25)19-11-7-5-9-17(19)21(13)22-14(2)16(4)24(26)20-12-8-6-10-18(20)22/h5-12H,1-4H3. The van der Waals surface area contributed by atoms with Crippen LogP contribution in [-0.4, -0.2) is 0 Å². The molecule has 0 saturated carbocycles. The van der Waals surface area contributed by atoms with Crippen LogP contribution in [0.5, 0.6) is 0 Å². The van der Waals surface area contributed by atoms with E-state index in [1.807, 2.05) is 0 Å². The zero-order valence-corrected chi connectivity index (χ0v) is 18.5. The monoisotopic (exact) mass is 466 g/mol. The van der Waals surface area contributed by atoms with Crippen LogP contribution in [0.25, 0.3) is 32.7 Å². The number of hydrogen-bond donors (Lipinski definition) is 0. The fraction of sp³-hybridized carbons (Fsp3) is 0.167. The minimum atomic E-state index is 1.20. The SMILES string of the molecule is Cc1c(C)c(-c2c(C)c(C)c(Br)c3ccccc23)c2ccccc2c1Br. The first kappa shape index (κ1) is 17.8. The smallest absolute Gasteiger partial charge is 0.0286 e. The molecule has 130 valence electrons. The number of hydrogen-bond acceptors (Lipinski definition) is 0. The van der Waals surface area contributed by atoms with Crippen LogP contribution in [0.1, 0.15) is 22.3 Å². The van der Waals surface area contributed by atoms with E-state index >= 15 is 0 Å². The van der Waals surface area contributed by atoms with Gasteiger partial charge in [0, 0.05) is 8.95 Å². The zero-order chi connectivity index (χ0) is 18.6. The number of fused-ring (bicyclic) bond motifs is 2. The molecule has 0 radical (unpaired) electrons. The van der Waals surface area contributed by atoms with Crippen LogP contribution in [0.3, 0.4) is 0 Å². The first-order valence-corrected chi connectivity index (χ1v) is 10.4. The lowest BCUT2D eigenvalue weighted by molar-refractivity contribution is 1.31. The van der Waals surface area contributed by atoms with E-state index in [0.717, 1.165) is 0 Å². The van der Waals surface area contributed by atoms with E-state index in [9.17, 15) is 0 Å². The van der Waals surface area contributed by atoms with Gasteiger partial charge in [0.1, 0.15) is 0 Å². The van der Waals surface area contributed by atoms with Gasteiger partial charge in [-0.25, -0.2) is 0 Å². The van der Waals surface area contributed by atoms with E-state index in [-0.39, 0.29) is 0 Å². The van der Waals surface area contributed by atoms with E-state index < -0.39 is 0 Å². The predicted octanol–water partition coefficient (Wildman–Crippen LogP) is 8.42. The molecule has 0 atom stereocenters. The molecule has 26 heavy (non-hydrogen) atoms. The van der Waals surface area contributed by atoms with Crippen LogP contribution in [0.2, 0.25) is 0 Å². The first-order chi connectivity index (χ1) is 12.4. The lowest BCUT2D eigenvalue weighted by Gasteiger charge is -2.21. The summed E-state index contributed by atoms with van der Waals surface area (Å²) in [6.45, 7) is 8.90. The fourth-order valence-electron chi connectivity index (χ4n) is 3.94. The lowest BCUT2D eigenvalue weighted by Crippen LogP contribution is -1.98. The molecule has 0 saturated heterocycles. The van der Waals surface area contributed by atoms with Gasteiger partial charge in [-0.2, -0.15) is 0 Å². The maximum Gasteiger partial charge on any atom is 0.0286 e. The van der Waals surface area contributed by atoms with Crippen molar-refractivity contribution in [2.24, 2.45) is 0 Å². The first-order valence-electron chi connectivity index (χ1n) is 8.78. The molecule has 0 spiro atoms. The summed E-state index contributed by atoms with van der Waals surface area (Å²) in [4.78, 5) is 0. The van der Waals surface area contributed by atoms with Crippen molar-refractivity contribution < 1.29 is 0 Å². The number of rotatable bonds is 1. The Morgan fingerprint density at radius 1 is 0.462 bits per heavy atom. The lowest BCUT2D eigenvalue weighted by atomic mass is 9.84. The highest BCUT2D eigenvalue weighted by molar-refractivity contribution is 9.11. The average molecular weight is 468 g/mol. The Bertz CT molecular complexity index is 1090. The fourth-order valence-corrected chi connectivity index (χ4v) is 5.23. The molecule has 0 N–H and O–H groups in total. The highest BCUT2D eigenvalue weighted by Gasteiger charge is 2.20. The van der Waals surface area contributed by atoms with E-state index in [2.05, 4.69) is 108 Å². The zero-order valence-electron chi connectivity index (χ0n) is 15.4. The highest BCUT2D eigenvalue weighted by Crippen LogP contribution is 2.45. The second-order valence-electron chi connectivity index (χ2n) is 6.97. The van der Waals surface area contributed by atoms with Gasteiger partial charge in [0.2, 0.25) is 0 Å². The summed E-state index contributed by atoms with van der Waals surface area (Å²) in [5, 5.41) is 5.15. The van der Waals surface area contributed by atoms with Crippen LogP contribution in [0.15, 0.2) is 57.5 Å². The molecular weight excluding hydrogens is 448 g/mol. The Morgan fingerprint density at radius 2 is 0.769 bits per heavy atom. The highest BCUT2D eigenvalue weighted by atomic mass is 79.9. The van der Waals surface area contributed by atoms with Crippen LogP contribution in [0.4, 0.5) is 0 Å². The van der Waals surface area contributed by atoms with Crippen molar-refractivity contribution in [1.82, 2.24) is 0 Å². The molecule has 0 aliphatic rings. The Morgan fingerprint density at radius 3 is 1.12 bits per heavy atom. The van der Waals surface area contributed by atoms with Gasteiger partial charge >= 0.3 is 0 Å². The van der Waals surface area contributed by atoms with Crippen LogP contribution in [0, 0.1) is 27.7 Å². The summed E-state index contributed by atoms with van der Waals surface area (Å²) in [6, 6.07) is 17.4. The van der Waals surface area contributed by atoms with Gasteiger partial charge in [-0.3, -0.25) is 0 Å². The minimum Gasteiger partial charge on any atom is -0.0616 e. The summed E-state index contributed by atoms with van der Waals surface area (Å²) in [6.07, 6.45) is 0. The summed E-state index contributed by atoms with van der Waals surface area (Å²) in [5.74, 6) is 0. The normalized spacial score (nSPS) is 11.5. The molecule has 0 fully saturated rings. The minimum absolute atomic E-state index is 1.20. The van der Waals surface area contributed by atoms with E-state index in [1.54, 1.807) is 0 Å². The van der Waals surface area contributed by atoms with Gasteiger partial charge in [0.15, 0.2) is 0 Å². The summed E-state index contributed by atoms with van der Waals surface area (Å²) < 4.78 is 2.40. The predicted molar refractivity (Wildman–Crippen MR) is 121 cm³/mol. The Kier molecular flexibility index (Phi) is 4.45. The quantitative estimate of drug-likeness (QED) is 0.263.